The molecule has 0 aromatic rings. The second-order valence-corrected chi connectivity index (χ2v) is 1.90. The molecule has 1 unspecified atom stereocenters. The third-order valence-corrected chi connectivity index (χ3v) is 1.34. The van der Waals surface area contributed by atoms with Gasteiger partial charge in [0.05, 0.1) is 6.07 Å². The largest absolute Gasteiger partial charge is 0.198 e. The van der Waals surface area contributed by atoms with Crippen molar-refractivity contribution >= 4 is 0 Å². The normalized spacial score (nSPS) is 22.1. The molecule has 1 fully saturated rings. The van der Waals surface area contributed by atoms with Crippen molar-refractivity contribution in [1.29, 1.82) is 5.26 Å². The first kappa shape index (κ1) is 4.64. The zero-order valence-corrected chi connectivity index (χ0v) is 4.22. The highest BCUT2D eigenvalue weighted by Crippen LogP contribution is 2.21. The van der Waals surface area contributed by atoms with E-state index in [0.29, 0.717) is 0 Å². The molecule has 0 amide bonds. The average Bonchev–Trinajstić information content (AvgIpc) is 2.14. The van der Waals surface area contributed by atoms with Gasteiger partial charge in [0.25, 0.3) is 0 Å². The maximum absolute atomic E-state index is 8.28. The van der Waals surface area contributed by atoms with E-state index in [0.717, 1.165) is 12.8 Å². The summed E-state index contributed by atoms with van der Waals surface area (Å²) >= 11 is 0. The third-order valence-electron chi connectivity index (χ3n) is 1.34. The molecule has 0 aromatic carbocycles. The Morgan fingerprint density at radius 2 is 2.57 bits per heavy atom. The Morgan fingerprint density at radius 3 is 2.86 bits per heavy atom. The molecule has 1 saturated carbocycles. The Bertz CT molecular complexity index is 84.8. The first-order valence-corrected chi connectivity index (χ1v) is 2.66. The first-order valence-electron chi connectivity index (χ1n) is 2.66. The molecule has 1 radical (unpaired) electrons. The van der Waals surface area contributed by atoms with E-state index in [1.165, 1.54) is 6.42 Å². The highest BCUT2D eigenvalue weighted by molar-refractivity contribution is 4.97. The summed E-state index contributed by atoms with van der Waals surface area (Å²) in [6.45, 7) is 0. The molecule has 0 saturated heterocycles. The lowest BCUT2D eigenvalue weighted by Gasteiger charge is -1.87. The van der Waals surface area contributed by atoms with Crippen molar-refractivity contribution in [3.63, 3.8) is 0 Å². The van der Waals surface area contributed by atoms with Gasteiger partial charge in [0, 0.05) is 5.92 Å². The van der Waals surface area contributed by atoms with Gasteiger partial charge in [0.15, 0.2) is 0 Å². The van der Waals surface area contributed by atoms with Gasteiger partial charge in [-0.15, -0.1) is 0 Å². The molecule has 0 heterocycles. The lowest BCUT2D eigenvalue weighted by Crippen LogP contribution is -1.84. The summed E-state index contributed by atoms with van der Waals surface area (Å²) in [6.07, 6.45) is 5.56. The Kier molecular flexibility index (Phi) is 1.31. The number of hydrogen-bond donors (Lipinski definition) is 0. The molecule has 0 bridgehead atoms. The number of nitrogens with zero attached hydrogens (tertiary/aromatic N) is 1. The van der Waals surface area contributed by atoms with Crippen LogP contribution >= 0.6 is 0 Å². The van der Waals surface area contributed by atoms with Gasteiger partial charge in [-0.1, -0.05) is 6.42 Å². The van der Waals surface area contributed by atoms with Crippen molar-refractivity contribution in [1.82, 2.24) is 0 Å². The molecule has 1 rings (SSSR count). The molecule has 7 heavy (non-hydrogen) atoms. The smallest absolute Gasteiger partial charge is 0.0658 e. The molecule has 0 aromatic heterocycles. The minimum absolute atomic E-state index is 0.278. The summed E-state index contributed by atoms with van der Waals surface area (Å²) in [5, 5.41) is 8.28. The van der Waals surface area contributed by atoms with E-state index >= 15 is 0 Å². The Hall–Kier alpha value is -0.510. The van der Waals surface area contributed by atoms with Crippen molar-refractivity contribution in [3.8, 4) is 6.07 Å². The molecule has 1 nitrogen and oxygen atoms in total. The van der Waals surface area contributed by atoms with Crippen molar-refractivity contribution in [2.24, 2.45) is 5.92 Å². The van der Waals surface area contributed by atoms with Crippen molar-refractivity contribution in [2.75, 3.05) is 0 Å². The van der Waals surface area contributed by atoms with Gasteiger partial charge in [0.1, 0.15) is 0 Å². The molecule has 0 spiro atoms. The van der Waals surface area contributed by atoms with Gasteiger partial charge in [-0.2, -0.15) is 5.26 Å². The molecule has 1 aliphatic carbocycles. The van der Waals surface area contributed by atoms with E-state index < -0.39 is 0 Å². The van der Waals surface area contributed by atoms with E-state index in [9.17, 15) is 0 Å². The molecular weight excluding hydrogens is 86.1 g/mol. The quantitative estimate of drug-likeness (QED) is 0.446. The predicted molar refractivity (Wildman–Crippen MR) is 27.3 cm³/mol. The van der Waals surface area contributed by atoms with Crippen LogP contribution in [0, 0.1) is 23.7 Å². The highest BCUT2D eigenvalue weighted by Gasteiger charge is 2.12. The first-order chi connectivity index (χ1) is 3.43. The third kappa shape index (κ3) is 0.928. The minimum Gasteiger partial charge on any atom is -0.198 e. The summed E-state index contributed by atoms with van der Waals surface area (Å²) in [5.41, 5.74) is 0. The number of rotatable bonds is 0. The Balaban J connectivity index is 2.31. The van der Waals surface area contributed by atoms with Gasteiger partial charge in [-0.05, 0) is 19.3 Å². The average molecular weight is 94.1 g/mol. The zero-order valence-electron chi connectivity index (χ0n) is 4.22. The second-order valence-electron chi connectivity index (χ2n) is 1.90. The van der Waals surface area contributed by atoms with Crippen molar-refractivity contribution < 1.29 is 0 Å². The van der Waals surface area contributed by atoms with Crippen molar-refractivity contribution in [2.45, 2.75) is 19.3 Å². The van der Waals surface area contributed by atoms with E-state index in [4.69, 9.17) is 5.26 Å². The fraction of sp³-hybridized carbons (Fsp3) is 0.667. The van der Waals surface area contributed by atoms with Gasteiger partial charge in [-0.25, -0.2) is 0 Å². The summed E-state index contributed by atoms with van der Waals surface area (Å²) in [4.78, 5) is 0. The van der Waals surface area contributed by atoms with Crippen molar-refractivity contribution in [3.05, 3.63) is 6.42 Å². The van der Waals surface area contributed by atoms with Crippen LogP contribution in [0.5, 0.6) is 0 Å². The number of hydrogen-bond acceptors (Lipinski definition) is 1. The maximum Gasteiger partial charge on any atom is 0.0658 e. The molecular formula is C6H8N. The Morgan fingerprint density at radius 1 is 1.71 bits per heavy atom. The van der Waals surface area contributed by atoms with Gasteiger partial charge in [-0.3, -0.25) is 0 Å². The van der Waals surface area contributed by atoms with E-state index in [2.05, 4.69) is 12.5 Å². The lowest BCUT2D eigenvalue weighted by molar-refractivity contribution is 0.776. The van der Waals surface area contributed by atoms with Crippen LogP contribution in [0.3, 0.4) is 0 Å². The Labute approximate surface area is 44.0 Å². The SMILES string of the molecule is N#CC1[CH]CCC1. The van der Waals surface area contributed by atoms with Gasteiger partial charge < -0.3 is 0 Å². The lowest BCUT2D eigenvalue weighted by atomic mass is 10.1. The van der Waals surface area contributed by atoms with Crippen LogP contribution in [0.4, 0.5) is 0 Å². The molecule has 1 atom stereocenters. The van der Waals surface area contributed by atoms with Crippen LogP contribution in [0.25, 0.3) is 0 Å². The summed E-state index contributed by atoms with van der Waals surface area (Å²) in [6, 6.07) is 2.21. The van der Waals surface area contributed by atoms with Crippen LogP contribution in [0.1, 0.15) is 19.3 Å². The standard InChI is InChI=1S/C6H8N/c7-5-6-3-1-2-4-6/h3,6H,1-2,4H2. The van der Waals surface area contributed by atoms with E-state index in [1.54, 1.807) is 0 Å². The van der Waals surface area contributed by atoms with E-state index in [-0.39, 0.29) is 5.92 Å². The molecule has 1 heteroatoms. The van der Waals surface area contributed by atoms with E-state index in [1.807, 2.05) is 0 Å². The van der Waals surface area contributed by atoms with Gasteiger partial charge in [0.2, 0.25) is 0 Å². The van der Waals surface area contributed by atoms with Crippen LogP contribution < -0.4 is 0 Å². The molecule has 0 aliphatic heterocycles. The second kappa shape index (κ2) is 1.97. The predicted octanol–water partition coefficient (Wildman–Crippen LogP) is 1.51. The fourth-order valence-electron chi connectivity index (χ4n) is 0.892. The zero-order chi connectivity index (χ0) is 5.11. The fourth-order valence-corrected chi connectivity index (χ4v) is 0.892. The molecule has 1 aliphatic rings. The highest BCUT2D eigenvalue weighted by atomic mass is 14.3. The summed E-state index contributed by atoms with van der Waals surface area (Å²) in [5.74, 6) is 0.278. The minimum atomic E-state index is 0.278. The van der Waals surface area contributed by atoms with Gasteiger partial charge >= 0.3 is 0 Å². The van der Waals surface area contributed by atoms with Crippen LogP contribution in [0.2, 0.25) is 0 Å². The van der Waals surface area contributed by atoms with Crippen LogP contribution in [-0.2, 0) is 0 Å². The van der Waals surface area contributed by atoms with Crippen LogP contribution in [-0.4, -0.2) is 0 Å². The number of nitriles is 1. The molecule has 37 valence electrons. The van der Waals surface area contributed by atoms with Crippen LogP contribution in [0.15, 0.2) is 0 Å². The summed E-state index contributed by atoms with van der Waals surface area (Å²) < 4.78 is 0. The molecule has 0 N–H and O–H groups in total. The monoisotopic (exact) mass is 94.1 g/mol. The maximum atomic E-state index is 8.28. The summed E-state index contributed by atoms with van der Waals surface area (Å²) in [7, 11) is 0. The topological polar surface area (TPSA) is 23.8 Å².